The van der Waals surface area contributed by atoms with Crippen LogP contribution in [0.3, 0.4) is 0 Å². The Labute approximate surface area is 60.5 Å². The van der Waals surface area contributed by atoms with Crippen molar-refractivity contribution in [3.05, 3.63) is 24.2 Å². The van der Waals surface area contributed by atoms with Crippen LogP contribution in [-0.4, -0.2) is 11.7 Å². The van der Waals surface area contributed by atoms with E-state index in [1.54, 1.807) is 6.26 Å². The van der Waals surface area contributed by atoms with Crippen molar-refractivity contribution in [2.75, 3.05) is 6.61 Å². The highest BCUT2D eigenvalue weighted by molar-refractivity contribution is 4.98. The highest BCUT2D eigenvalue weighted by Crippen LogP contribution is 2.07. The largest absolute Gasteiger partial charge is 0.469 e. The minimum Gasteiger partial charge on any atom is -0.469 e. The third-order valence-corrected chi connectivity index (χ3v) is 1.44. The number of furan rings is 1. The van der Waals surface area contributed by atoms with Gasteiger partial charge in [0.1, 0.15) is 5.76 Å². The molecule has 0 aliphatic carbocycles. The minimum atomic E-state index is 0.223. The fourth-order valence-corrected chi connectivity index (χ4v) is 0.837. The maximum atomic E-state index is 8.69. The van der Waals surface area contributed by atoms with Gasteiger partial charge in [0.25, 0.3) is 0 Å². The summed E-state index contributed by atoms with van der Waals surface area (Å²) in [5, 5.41) is 8.69. The Morgan fingerprint density at radius 2 is 2.50 bits per heavy atom. The maximum Gasteiger partial charge on any atom is 0.104 e. The number of hydrogen-bond acceptors (Lipinski definition) is 2. The molecule has 0 saturated heterocycles. The second kappa shape index (κ2) is 3.42. The highest BCUT2D eigenvalue weighted by atomic mass is 16.3. The molecule has 1 unspecified atom stereocenters. The summed E-state index contributed by atoms with van der Waals surface area (Å²) in [5.41, 5.74) is 0. The van der Waals surface area contributed by atoms with Gasteiger partial charge in [-0.3, -0.25) is 0 Å². The van der Waals surface area contributed by atoms with E-state index in [0.717, 1.165) is 12.2 Å². The van der Waals surface area contributed by atoms with Gasteiger partial charge in [0.2, 0.25) is 0 Å². The smallest absolute Gasteiger partial charge is 0.104 e. The Kier molecular flexibility index (Phi) is 2.51. The van der Waals surface area contributed by atoms with Gasteiger partial charge in [-0.25, -0.2) is 0 Å². The lowest BCUT2D eigenvalue weighted by Gasteiger charge is -2.02. The van der Waals surface area contributed by atoms with E-state index in [-0.39, 0.29) is 6.61 Å². The molecule has 56 valence electrons. The second-order valence-electron chi connectivity index (χ2n) is 2.57. The van der Waals surface area contributed by atoms with Crippen molar-refractivity contribution in [3.8, 4) is 0 Å². The van der Waals surface area contributed by atoms with Gasteiger partial charge in [-0.2, -0.15) is 0 Å². The SMILES string of the molecule is CC(CO)Cc1ccco1. The van der Waals surface area contributed by atoms with E-state index in [1.165, 1.54) is 0 Å². The third-order valence-electron chi connectivity index (χ3n) is 1.44. The van der Waals surface area contributed by atoms with Crippen molar-refractivity contribution < 1.29 is 9.52 Å². The third kappa shape index (κ3) is 1.88. The summed E-state index contributed by atoms with van der Waals surface area (Å²) in [7, 11) is 0. The molecule has 0 aliphatic rings. The summed E-state index contributed by atoms with van der Waals surface area (Å²) in [6.07, 6.45) is 2.48. The lowest BCUT2D eigenvalue weighted by Crippen LogP contribution is -2.03. The van der Waals surface area contributed by atoms with Crippen LogP contribution in [0, 0.1) is 5.92 Å². The first-order valence-corrected chi connectivity index (χ1v) is 3.46. The maximum absolute atomic E-state index is 8.69. The van der Waals surface area contributed by atoms with Gasteiger partial charge in [0.15, 0.2) is 0 Å². The number of aliphatic hydroxyl groups is 1. The molecule has 1 heterocycles. The lowest BCUT2D eigenvalue weighted by molar-refractivity contribution is 0.231. The molecule has 0 spiro atoms. The van der Waals surface area contributed by atoms with Crippen molar-refractivity contribution in [2.24, 2.45) is 5.92 Å². The summed E-state index contributed by atoms with van der Waals surface area (Å²) in [6.45, 7) is 2.21. The summed E-state index contributed by atoms with van der Waals surface area (Å²) in [5.74, 6) is 1.24. The van der Waals surface area contributed by atoms with Crippen molar-refractivity contribution in [3.63, 3.8) is 0 Å². The first kappa shape index (κ1) is 7.35. The van der Waals surface area contributed by atoms with E-state index < -0.39 is 0 Å². The van der Waals surface area contributed by atoms with Crippen LogP contribution in [0.4, 0.5) is 0 Å². The molecule has 0 radical (unpaired) electrons. The number of rotatable bonds is 3. The van der Waals surface area contributed by atoms with E-state index in [1.807, 2.05) is 19.1 Å². The minimum absolute atomic E-state index is 0.223. The molecule has 10 heavy (non-hydrogen) atoms. The van der Waals surface area contributed by atoms with Gasteiger partial charge in [-0.05, 0) is 18.1 Å². The van der Waals surface area contributed by atoms with Gasteiger partial charge in [0.05, 0.1) is 6.26 Å². The van der Waals surface area contributed by atoms with E-state index in [0.29, 0.717) is 5.92 Å². The van der Waals surface area contributed by atoms with Gasteiger partial charge < -0.3 is 9.52 Å². The molecule has 0 saturated carbocycles. The standard InChI is InChI=1S/C8H12O2/c1-7(6-9)5-8-3-2-4-10-8/h2-4,7,9H,5-6H2,1H3. The Hall–Kier alpha value is -0.760. The van der Waals surface area contributed by atoms with Crippen LogP contribution in [0.1, 0.15) is 12.7 Å². The van der Waals surface area contributed by atoms with Crippen molar-refractivity contribution in [1.29, 1.82) is 0 Å². The fourth-order valence-electron chi connectivity index (χ4n) is 0.837. The van der Waals surface area contributed by atoms with Gasteiger partial charge in [-0.1, -0.05) is 6.92 Å². The Balaban J connectivity index is 2.40. The van der Waals surface area contributed by atoms with Crippen LogP contribution in [0.25, 0.3) is 0 Å². The summed E-state index contributed by atoms with van der Waals surface area (Å²) < 4.78 is 5.09. The van der Waals surface area contributed by atoms with Crippen molar-refractivity contribution in [2.45, 2.75) is 13.3 Å². The molecule has 0 bridgehead atoms. The first-order valence-electron chi connectivity index (χ1n) is 3.46. The average Bonchev–Trinajstić information content (AvgIpc) is 2.40. The fraction of sp³-hybridized carbons (Fsp3) is 0.500. The van der Waals surface area contributed by atoms with Gasteiger partial charge in [-0.15, -0.1) is 0 Å². The van der Waals surface area contributed by atoms with Crippen molar-refractivity contribution >= 4 is 0 Å². The predicted molar refractivity (Wildman–Crippen MR) is 38.7 cm³/mol. The lowest BCUT2D eigenvalue weighted by atomic mass is 10.1. The summed E-state index contributed by atoms with van der Waals surface area (Å²) in [4.78, 5) is 0. The molecular weight excluding hydrogens is 128 g/mol. The molecule has 1 N–H and O–H groups in total. The molecule has 0 fully saturated rings. The van der Waals surface area contributed by atoms with Gasteiger partial charge >= 0.3 is 0 Å². The van der Waals surface area contributed by atoms with E-state index in [4.69, 9.17) is 9.52 Å². The highest BCUT2D eigenvalue weighted by Gasteiger charge is 2.02. The molecule has 1 aromatic heterocycles. The Morgan fingerprint density at radius 1 is 1.70 bits per heavy atom. The van der Waals surface area contributed by atoms with E-state index in [9.17, 15) is 0 Å². The quantitative estimate of drug-likeness (QED) is 0.689. The molecule has 0 aliphatic heterocycles. The average molecular weight is 140 g/mol. The predicted octanol–water partition coefficient (Wildman–Crippen LogP) is 1.45. The molecule has 1 rings (SSSR count). The van der Waals surface area contributed by atoms with E-state index >= 15 is 0 Å². The van der Waals surface area contributed by atoms with Crippen LogP contribution in [0.15, 0.2) is 22.8 Å². The van der Waals surface area contributed by atoms with Crippen LogP contribution < -0.4 is 0 Å². The monoisotopic (exact) mass is 140 g/mol. The molecule has 1 aromatic rings. The van der Waals surface area contributed by atoms with Crippen LogP contribution in [0.2, 0.25) is 0 Å². The van der Waals surface area contributed by atoms with Crippen LogP contribution >= 0.6 is 0 Å². The molecule has 1 atom stereocenters. The summed E-state index contributed by atoms with van der Waals surface area (Å²) >= 11 is 0. The van der Waals surface area contributed by atoms with Crippen molar-refractivity contribution in [1.82, 2.24) is 0 Å². The zero-order chi connectivity index (χ0) is 7.40. The Bertz CT molecular complexity index is 167. The zero-order valence-corrected chi connectivity index (χ0v) is 6.08. The molecule has 2 heteroatoms. The normalized spacial score (nSPS) is 13.4. The Morgan fingerprint density at radius 3 is 3.00 bits per heavy atom. The van der Waals surface area contributed by atoms with Crippen LogP contribution in [-0.2, 0) is 6.42 Å². The zero-order valence-electron chi connectivity index (χ0n) is 6.08. The molecule has 2 nitrogen and oxygen atoms in total. The number of hydrogen-bond donors (Lipinski definition) is 1. The first-order chi connectivity index (χ1) is 4.83. The topological polar surface area (TPSA) is 33.4 Å². The molecule has 0 amide bonds. The van der Waals surface area contributed by atoms with E-state index in [2.05, 4.69) is 0 Å². The van der Waals surface area contributed by atoms with Gasteiger partial charge in [0, 0.05) is 13.0 Å². The van der Waals surface area contributed by atoms with Crippen LogP contribution in [0.5, 0.6) is 0 Å². The number of aliphatic hydroxyl groups excluding tert-OH is 1. The molecule has 0 aromatic carbocycles. The molecular formula is C8H12O2. The summed E-state index contributed by atoms with van der Waals surface area (Å²) in [6, 6.07) is 3.78. The second-order valence-corrected chi connectivity index (χ2v) is 2.57.